The second-order valence-corrected chi connectivity index (χ2v) is 6.11. The first-order chi connectivity index (χ1) is 11.2. The van der Waals surface area contributed by atoms with Gasteiger partial charge in [0, 0.05) is 26.3 Å². The van der Waals surface area contributed by atoms with E-state index >= 15 is 0 Å². The van der Waals surface area contributed by atoms with Crippen LogP contribution in [0.1, 0.15) is 30.9 Å². The van der Waals surface area contributed by atoms with Gasteiger partial charge in [-0.25, -0.2) is 0 Å². The van der Waals surface area contributed by atoms with Gasteiger partial charge in [-0.2, -0.15) is 0 Å². The van der Waals surface area contributed by atoms with Gasteiger partial charge in [-0.1, -0.05) is 24.3 Å². The molecule has 0 aromatic heterocycles. The summed E-state index contributed by atoms with van der Waals surface area (Å²) in [7, 11) is 0. The molecule has 1 aliphatic heterocycles. The molecule has 128 valence electrons. The van der Waals surface area contributed by atoms with E-state index in [9.17, 15) is 9.90 Å². The first-order valence-electron chi connectivity index (χ1n) is 8.47. The normalized spacial score (nSPS) is 18.8. The number of amides is 1. The van der Waals surface area contributed by atoms with E-state index in [2.05, 4.69) is 10.2 Å². The van der Waals surface area contributed by atoms with Gasteiger partial charge in [0.2, 0.25) is 5.91 Å². The van der Waals surface area contributed by atoms with Crippen molar-refractivity contribution in [1.29, 1.82) is 0 Å². The number of rotatable bonds is 8. The van der Waals surface area contributed by atoms with Crippen molar-refractivity contribution in [3.05, 3.63) is 35.4 Å². The fourth-order valence-corrected chi connectivity index (χ4v) is 2.98. The SMILES string of the molecule is CCOCc1ccccc1CNC(=O)CN1CCCC(CO)C1. The van der Waals surface area contributed by atoms with E-state index in [1.54, 1.807) is 0 Å². The monoisotopic (exact) mass is 320 g/mol. The van der Waals surface area contributed by atoms with E-state index in [-0.39, 0.29) is 12.5 Å². The molecular formula is C18H28N2O3. The summed E-state index contributed by atoms with van der Waals surface area (Å²) in [5.74, 6) is 0.346. The quantitative estimate of drug-likeness (QED) is 0.763. The molecule has 1 unspecified atom stereocenters. The molecule has 0 saturated carbocycles. The lowest BCUT2D eigenvalue weighted by Gasteiger charge is -2.31. The van der Waals surface area contributed by atoms with Crippen LogP contribution in [0.3, 0.4) is 0 Å². The molecule has 2 rings (SSSR count). The standard InChI is InChI=1S/C18H28N2O3/c1-2-23-14-17-8-4-3-7-16(17)10-19-18(22)12-20-9-5-6-15(11-20)13-21/h3-4,7-8,15,21H,2,5-6,9-14H2,1H3,(H,19,22). The topological polar surface area (TPSA) is 61.8 Å². The Morgan fingerprint density at radius 1 is 1.39 bits per heavy atom. The Hall–Kier alpha value is -1.43. The number of hydrogen-bond donors (Lipinski definition) is 2. The molecule has 0 aliphatic carbocycles. The summed E-state index contributed by atoms with van der Waals surface area (Å²) in [6, 6.07) is 8.03. The highest BCUT2D eigenvalue weighted by atomic mass is 16.5. The number of carbonyl (C=O) groups excluding carboxylic acids is 1. The van der Waals surface area contributed by atoms with Crippen LogP contribution in [0, 0.1) is 5.92 Å². The van der Waals surface area contributed by atoms with E-state index in [1.807, 2.05) is 31.2 Å². The van der Waals surface area contributed by atoms with Crippen LogP contribution < -0.4 is 5.32 Å². The molecule has 1 atom stereocenters. The minimum atomic E-state index is 0.0369. The van der Waals surface area contributed by atoms with Crippen LogP contribution in [-0.2, 0) is 22.7 Å². The average molecular weight is 320 g/mol. The van der Waals surface area contributed by atoms with E-state index < -0.39 is 0 Å². The smallest absolute Gasteiger partial charge is 0.234 e. The van der Waals surface area contributed by atoms with Gasteiger partial charge in [0.05, 0.1) is 13.2 Å². The van der Waals surface area contributed by atoms with E-state index in [0.29, 0.717) is 32.2 Å². The molecule has 0 radical (unpaired) electrons. The van der Waals surface area contributed by atoms with Crippen LogP contribution in [0.25, 0.3) is 0 Å². The molecule has 1 heterocycles. The molecule has 1 amide bonds. The molecule has 1 fully saturated rings. The third kappa shape index (κ3) is 5.94. The number of aliphatic hydroxyl groups is 1. The highest BCUT2D eigenvalue weighted by molar-refractivity contribution is 5.78. The summed E-state index contributed by atoms with van der Waals surface area (Å²) >= 11 is 0. The molecule has 0 spiro atoms. The maximum Gasteiger partial charge on any atom is 0.234 e. The fourth-order valence-electron chi connectivity index (χ4n) is 2.98. The van der Waals surface area contributed by atoms with Crippen molar-refractivity contribution in [2.75, 3.05) is 32.8 Å². The van der Waals surface area contributed by atoms with Crippen molar-refractivity contribution >= 4 is 5.91 Å². The summed E-state index contributed by atoms with van der Waals surface area (Å²) in [5, 5.41) is 12.3. The van der Waals surface area contributed by atoms with Crippen LogP contribution in [0.5, 0.6) is 0 Å². The lowest BCUT2D eigenvalue weighted by molar-refractivity contribution is -0.122. The maximum atomic E-state index is 12.2. The van der Waals surface area contributed by atoms with Crippen molar-refractivity contribution in [2.45, 2.75) is 32.9 Å². The van der Waals surface area contributed by atoms with E-state index in [0.717, 1.165) is 37.1 Å². The molecule has 2 N–H and O–H groups in total. The van der Waals surface area contributed by atoms with Crippen molar-refractivity contribution in [1.82, 2.24) is 10.2 Å². The van der Waals surface area contributed by atoms with Gasteiger partial charge in [0.25, 0.3) is 0 Å². The Kier molecular flexibility index (Phi) is 7.52. The number of ether oxygens (including phenoxy) is 1. The Bertz CT molecular complexity index is 493. The largest absolute Gasteiger partial charge is 0.396 e. The predicted octanol–water partition coefficient (Wildman–Crippen LogP) is 1.54. The molecule has 5 heteroatoms. The lowest BCUT2D eigenvalue weighted by Crippen LogP contribution is -2.43. The zero-order valence-electron chi connectivity index (χ0n) is 14.0. The van der Waals surface area contributed by atoms with Gasteiger partial charge < -0.3 is 15.2 Å². The number of carbonyl (C=O) groups is 1. The first kappa shape index (κ1) is 17.9. The summed E-state index contributed by atoms with van der Waals surface area (Å²) < 4.78 is 5.47. The van der Waals surface area contributed by atoms with Gasteiger partial charge in [-0.3, -0.25) is 9.69 Å². The molecule has 1 aromatic carbocycles. The molecule has 0 bridgehead atoms. The fraction of sp³-hybridized carbons (Fsp3) is 0.611. The summed E-state index contributed by atoms with van der Waals surface area (Å²) in [4.78, 5) is 14.3. The van der Waals surface area contributed by atoms with Gasteiger partial charge in [0.1, 0.15) is 0 Å². The molecular weight excluding hydrogens is 292 g/mol. The highest BCUT2D eigenvalue weighted by Crippen LogP contribution is 2.15. The average Bonchev–Trinajstić information content (AvgIpc) is 2.59. The Morgan fingerprint density at radius 3 is 2.91 bits per heavy atom. The van der Waals surface area contributed by atoms with Crippen LogP contribution in [0.2, 0.25) is 0 Å². The van der Waals surface area contributed by atoms with Crippen molar-refractivity contribution in [3.63, 3.8) is 0 Å². The number of aliphatic hydroxyl groups excluding tert-OH is 1. The minimum Gasteiger partial charge on any atom is -0.396 e. The second-order valence-electron chi connectivity index (χ2n) is 6.11. The number of nitrogens with one attached hydrogen (secondary N) is 1. The number of nitrogens with zero attached hydrogens (tertiary/aromatic N) is 1. The zero-order valence-corrected chi connectivity index (χ0v) is 14.0. The first-order valence-corrected chi connectivity index (χ1v) is 8.47. The van der Waals surface area contributed by atoms with Crippen molar-refractivity contribution < 1.29 is 14.6 Å². The van der Waals surface area contributed by atoms with E-state index in [1.165, 1.54) is 0 Å². The number of benzene rings is 1. The Labute approximate surface area is 138 Å². The Morgan fingerprint density at radius 2 is 2.17 bits per heavy atom. The van der Waals surface area contributed by atoms with Crippen LogP contribution >= 0.6 is 0 Å². The zero-order chi connectivity index (χ0) is 16.5. The molecule has 1 saturated heterocycles. The van der Waals surface area contributed by atoms with Gasteiger partial charge >= 0.3 is 0 Å². The second kappa shape index (κ2) is 9.65. The van der Waals surface area contributed by atoms with Crippen LogP contribution in [0.4, 0.5) is 0 Å². The molecule has 1 aliphatic rings. The minimum absolute atomic E-state index is 0.0369. The van der Waals surface area contributed by atoms with Crippen molar-refractivity contribution in [2.24, 2.45) is 5.92 Å². The molecule has 23 heavy (non-hydrogen) atoms. The third-order valence-electron chi connectivity index (χ3n) is 4.28. The lowest BCUT2D eigenvalue weighted by atomic mass is 9.99. The maximum absolute atomic E-state index is 12.2. The third-order valence-corrected chi connectivity index (χ3v) is 4.28. The van der Waals surface area contributed by atoms with Crippen LogP contribution in [-0.4, -0.2) is 48.8 Å². The molecule has 5 nitrogen and oxygen atoms in total. The molecule has 1 aromatic rings. The Balaban J connectivity index is 1.80. The number of hydrogen-bond acceptors (Lipinski definition) is 4. The summed E-state index contributed by atoms with van der Waals surface area (Å²) in [6.07, 6.45) is 2.11. The van der Waals surface area contributed by atoms with Crippen LogP contribution in [0.15, 0.2) is 24.3 Å². The van der Waals surface area contributed by atoms with Gasteiger partial charge in [0.15, 0.2) is 0 Å². The van der Waals surface area contributed by atoms with E-state index in [4.69, 9.17) is 4.74 Å². The summed E-state index contributed by atoms with van der Waals surface area (Å²) in [6.45, 7) is 6.12. The van der Waals surface area contributed by atoms with Gasteiger partial charge in [-0.15, -0.1) is 0 Å². The van der Waals surface area contributed by atoms with Crippen molar-refractivity contribution in [3.8, 4) is 0 Å². The number of piperidine rings is 1. The number of likely N-dealkylation sites (tertiary alicyclic amines) is 1. The summed E-state index contributed by atoms with van der Waals surface area (Å²) in [5.41, 5.74) is 2.22. The predicted molar refractivity (Wildman–Crippen MR) is 89.9 cm³/mol. The highest BCUT2D eigenvalue weighted by Gasteiger charge is 2.20. The van der Waals surface area contributed by atoms with Gasteiger partial charge in [-0.05, 0) is 43.4 Å².